The molecule has 0 bridgehead atoms. The van der Waals surface area contributed by atoms with Gasteiger partial charge in [-0.1, -0.05) is 6.92 Å². The van der Waals surface area contributed by atoms with Gasteiger partial charge in [-0.05, 0) is 44.0 Å². The summed E-state index contributed by atoms with van der Waals surface area (Å²) in [5, 5.41) is 2.80. The predicted molar refractivity (Wildman–Crippen MR) is 76.3 cm³/mol. The number of rotatable bonds is 7. The lowest BCUT2D eigenvalue weighted by Crippen LogP contribution is -2.34. The first kappa shape index (κ1) is 16.3. The molecular formula is C14H20F2N2O2S. The number of benzene rings is 1. The Morgan fingerprint density at radius 2 is 2.00 bits per heavy atom. The van der Waals surface area contributed by atoms with Gasteiger partial charge in [0.1, 0.15) is 4.90 Å². The summed E-state index contributed by atoms with van der Waals surface area (Å²) in [5.41, 5.74) is 0.405. The maximum atomic E-state index is 14.0. The van der Waals surface area contributed by atoms with Crippen LogP contribution in [0.25, 0.3) is 0 Å². The molecule has 0 spiro atoms. The average molecular weight is 318 g/mol. The molecular weight excluding hydrogens is 298 g/mol. The zero-order valence-corrected chi connectivity index (χ0v) is 13.0. The van der Waals surface area contributed by atoms with Crippen LogP contribution in [0.3, 0.4) is 0 Å². The van der Waals surface area contributed by atoms with Gasteiger partial charge in [0.05, 0.1) is 0 Å². The number of sulfonamides is 1. The van der Waals surface area contributed by atoms with Crippen molar-refractivity contribution in [2.45, 2.75) is 43.7 Å². The fourth-order valence-corrected chi connectivity index (χ4v) is 4.22. The third kappa shape index (κ3) is 3.41. The largest absolute Gasteiger partial charge is 0.316 e. The van der Waals surface area contributed by atoms with E-state index in [9.17, 15) is 17.2 Å². The maximum Gasteiger partial charge on any atom is 0.246 e. The fraction of sp³-hybridized carbons (Fsp3) is 0.571. The lowest BCUT2D eigenvalue weighted by molar-refractivity contribution is 0.396. The lowest BCUT2D eigenvalue weighted by Gasteiger charge is -2.22. The van der Waals surface area contributed by atoms with E-state index >= 15 is 0 Å². The fourth-order valence-electron chi connectivity index (χ4n) is 2.32. The van der Waals surface area contributed by atoms with E-state index in [1.165, 1.54) is 10.4 Å². The van der Waals surface area contributed by atoms with Crippen molar-refractivity contribution in [3.05, 3.63) is 29.3 Å². The Morgan fingerprint density at radius 1 is 1.33 bits per heavy atom. The summed E-state index contributed by atoms with van der Waals surface area (Å²) >= 11 is 0. The molecule has 1 aromatic carbocycles. The molecule has 2 rings (SSSR count). The minimum Gasteiger partial charge on any atom is -0.316 e. The molecule has 0 amide bonds. The van der Waals surface area contributed by atoms with Crippen LogP contribution in [-0.2, 0) is 16.6 Å². The van der Waals surface area contributed by atoms with Gasteiger partial charge in [0.25, 0.3) is 0 Å². The summed E-state index contributed by atoms with van der Waals surface area (Å²) in [6.45, 7) is 2.46. The van der Waals surface area contributed by atoms with Gasteiger partial charge >= 0.3 is 0 Å². The van der Waals surface area contributed by atoms with Crippen LogP contribution in [-0.4, -0.2) is 32.4 Å². The van der Waals surface area contributed by atoms with Crippen molar-refractivity contribution < 1.29 is 17.2 Å². The van der Waals surface area contributed by atoms with Gasteiger partial charge in [-0.15, -0.1) is 0 Å². The summed E-state index contributed by atoms with van der Waals surface area (Å²) in [6, 6.07) is 2.16. The van der Waals surface area contributed by atoms with Crippen molar-refractivity contribution in [1.82, 2.24) is 9.62 Å². The summed E-state index contributed by atoms with van der Waals surface area (Å²) in [6.07, 6.45) is 2.19. The highest BCUT2D eigenvalue weighted by atomic mass is 32.2. The third-order valence-electron chi connectivity index (χ3n) is 3.42. The van der Waals surface area contributed by atoms with Gasteiger partial charge in [-0.3, -0.25) is 0 Å². The van der Waals surface area contributed by atoms with Crippen LogP contribution in [0.1, 0.15) is 31.7 Å². The van der Waals surface area contributed by atoms with Crippen molar-refractivity contribution in [1.29, 1.82) is 0 Å². The van der Waals surface area contributed by atoms with Crippen molar-refractivity contribution >= 4 is 10.0 Å². The summed E-state index contributed by atoms with van der Waals surface area (Å²) < 4.78 is 54.2. The van der Waals surface area contributed by atoms with Crippen LogP contribution in [0.5, 0.6) is 0 Å². The van der Waals surface area contributed by atoms with Crippen molar-refractivity contribution in [3.63, 3.8) is 0 Å². The van der Waals surface area contributed by atoms with Crippen LogP contribution in [0.15, 0.2) is 17.0 Å². The van der Waals surface area contributed by atoms with Gasteiger partial charge in [0.15, 0.2) is 11.6 Å². The van der Waals surface area contributed by atoms with E-state index in [-0.39, 0.29) is 12.6 Å². The Balaban J connectivity index is 2.47. The van der Waals surface area contributed by atoms with Crippen LogP contribution in [0.4, 0.5) is 8.78 Å². The van der Waals surface area contributed by atoms with E-state index in [1.54, 1.807) is 7.05 Å². The van der Waals surface area contributed by atoms with Crippen molar-refractivity contribution in [2.24, 2.45) is 0 Å². The first-order chi connectivity index (χ1) is 9.91. The topological polar surface area (TPSA) is 49.4 Å². The normalized spacial score (nSPS) is 15.7. The summed E-state index contributed by atoms with van der Waals surface area (Å²) in [4.78, 5) is -0.562. The molecule has 0 unspecified atom stereocenters. The smallest absolute Gasteiger partial charge is 0.246 e. The summed E-state index contributed by atoms with van der Waals surface area (Å²) in [5.74, 6) is -2.43. The lowest BCUT2D eigenvalue weighted by atomic mass is 10.2. The number of hydrogen-bond donors (Lipinski definition) is 1. The van der Waals surface area contributed by atoms with Gasteiger partial charge < -0.3 is 5.32 Å². The zero-order valence-electron chi connectivity index (χ0n) is 12.2. The molecule has 0 radical (unpaired) electrons. The highest BCUT2D eigenvalue weighted by molar-refractivity contribution is 7.89. The van der Waals surface area contributed by atoms with Gasteiger partial charge in [0, 0.05) is 19.1 Å². The van der Waals surface area contributed by atoms with Crippen molar-refractivity contribution in [3.8, 4) is 0 Å². The van der Waals surface area contributed by atoms with Gasteiger partial charge in [0.2, 0.25) is 10.0 Å². The molecule has 1 aliphatic carbocycles. The first-order valence-electron chi connectivity index (χ1n) is 7.06. The molecule has 118 valence electrons. The quantitative estimate of drug-likeness (QED) is 0.839. The van der Waals surface area contributed by atoms with E-state index in [4.69, 9.17) is 0 Å². The van der Waals surface area contributed by atoms with E-state index < -0.39 is 26.6 Å². The van der Waals surface area contributed by atoms with Gasteiger partial charge in [-0.2, -0.15) is 4.31 Å². The van der Waals surface area contributed by atoms with Crippen LogP contribution < -0.4 is 5.32 Å². The second-order valence-electron chi connectivity index (χ2n) is 5.27. The van der Waals surface area contributed by atoms with E-state index in [1.807, 2.05) is 6.92 Å². The molecule has 7 heteroatoms. The molecule has 1 aliphatic rings. The molecule has 1 aromatic rings. The van der Waals surface area contributed by atoms with Gasteiger partial charge in [-0.25, -0.2) is 17.2 Å². The Morgan fingerprint density at radius 3 is 2.52 bits per heavy atom. The molecule has 0 aromatic heterocycles. The number of nitrogens with one attached hydrogen (secondary N) is 1. The molecule has 1 saturated carbocycles. The Hall–Kier alpha value is -1.05. The second kappa shape index (κ2) is 6.37. The predicted octanol–water partition coefficient (Wildman–Crippen LogP) is 2.25. The third-order valence-corrected chi connectivity index (χ3v) is 5.37. The average Bonchev–Trinajstić information content (AvgIpc) is 3.24. The molecule has 1 N–H and O–H groups in total. The monoisotopic (exact) mass is 318 g/mol. The molecule has 1 fully saturated rings. The molecule has 21 heavy (non-hydrogen) atoms. The Kier molecular flexibility index (Phi) is 4.95. The number of nitrogens with zero attached hydrogens (tertiary/aromatic N) is 1. The zero-order chi connectivity index (χ0) is 15.6. The Bertz CT molecular complexity index is 616. The highest BCUT2D eigenvalue weighted by Gasteiger charge is 2.39. The number of hydrogen-bond acceptors (Lipinski definition) is 3. The van der Waals surface area contributed by atoms with E-state index in [0.717, 1.165) is 18.9 Å². The molecule has 4 nitrogen and oxygen atoms in total. The van der Waals surface area contributed by atoms with Crippen molar-refractivity contribution in [2.75, 3.05) is 13.6 Å². The molecule has 0 saturated heterocycles. The number of halogens is 2. The first-order valence-corrected chi connectivity index (χ1v) is 8.50. The highest BCUT2D eigenvalue weighted by Crippen LogP contribution is 2.33. The SMILES string of the molecule is CCCN(C1CC1)S(=O)(=O)c1cc(CNC)cc(F)c1F. The van der Waals surface area contributed by atoms with E-state index in [2.05, 4.69) is 5.32 Å². The standard InChI is InChI=1S/C14H20F2N2O2S/c1-3-6-18(11-4-5-11)21(19,20)13-8-10(9-17-2)7-12(15)14(13)16/h7-8,11,17H,3-6,9H2,1-2H3. The minimum atomic E-state index is -4.00. The summed E-state index contributed by atoms with van der Waals surface area (Å²) in [7, 11) is -2.35. The van der Waals surface area contributed by atoms with E-state index in [0.29, 0.717) is 18.5 Å². The van der Waals surface area contributed by atoms with Crippen LogP contribution in [0.2, 0.25) is 0 Å². The molecule has 0 heterocycles. The minimum absolute atomic E-state index is 0.0784. The maximum absolute atomic E-state index is 14.0. The second-order valence-corrected chi connectivity index (χ2v) is 7.13. The van der Waals surface area contributed by atoms with Crippen LogP contribution in [0, 0.1) is 11.6 Å². The van der Waals surface area contributed by atoms with Crippen LogP contribution >= 0.6 is 0 Å². The molecule has 0 aliphatic heterocycles. The Labute approximate surface area is 124 Å². The molecule has 0 atom stereocenters.